The van der Waals surface area contributed by atoms with E-state index in [4.69, 9.17) is 14.2 Å². The highest BCUT2D eigenvalue weighted by atomic mass is 16.6. The summed E-state index contributed by atoms with van der Waals surface area (Å²) < 4.78 is 16.3. The summed E-state index contributed by atoms with van der Waals surface area (Å²) >= 11 is 0. The smallest absolute Gasteiger partial charge is 0.338 e. The van der Waals surface area contributed by atoms with Crippen LogP contribution in [0.1, 0.15) is 46.3 Å². The fourth-order valence-corrected chi connectivity index (χ4v) is 2.02. The van der Waals surface area contributed by atoms with Crippen molar-refractivity contribution in [2.45, 2.75) is 46.8 Å². The standard InChI is InChI=1S/C19H22O5/c1-6-11(3)18(20)23-14-8-9-16(24-19(21)12(4)7-2)15(10-14)17-13(5)22-17/h6-10,13,17H,1-5H3/b11-6-,12-7-/t13-,17+/m1/s1. The molecule has 24 heavy (non-hydrogen) atoms. The largest absolute Gasteiger partial charge is 0.423 e. The Balaban J connectivity index is 2.26. The average Bonchev–Trinajstić information content (AvgIpc) is 3.30. The molecule has 0 unspecified atom stereocenters. The third-order valence-corrected chi connectivity index (χ3v) is 3.92. The Morgan fingerprint density at radius 2 is 1.58 bits per heavy atom. The highest BCUT2D eigenvalue weighted by molar-refractivity contribution is 5.90. The Bertz CT molecular complexity index is 714. The molecule has 1 aromatic rings. The van der Waals surface area contributed by atoms with Crippen LogP contribution in [0, 0.1) is 0 Å². The maximum atomic E-state index is 12.0. The molecule has 1 aromatic carbocycles. The summed E-state index contributed by atoms with van der Waals surface area (Å²) in [7, 11) is 0. The summed E-state index contributed by atoms with van der Waals surface area (Å²) in [5.74, 6) is -0.0242. The number of carbonyl (C=O) groups excluding carboxylic acids is 2. The van der Waals surface area contributed by atoms with E-state index in [1.54, 1.807) is 58.0 Å². The van der Waals surface area contributed by atoms with E-state index in [0.29, 0.717) is 28.2 Å². The van der Waals surface area contributed by atoms with Crippen molar-refractivity contribution in [2.75, 3.05) is 0 Å². The van der Waals surface area contributed by atoms with Crippen LogP contribution < -0.4 is 9.47 Å². The van der Waals surface area contributed by atoms with Crippen LogP contribution in [-0.2, 0) is 14.3 Å². The van der Waals surface area contributed by atoms with Crippen LogP contribution in [0.25, 0.3) is 0 Å². The zero-order chi connectivity index (χ0) is 17.9. The molecule has 0 radical (unpaired) electrons. The van der Waals surface area contributed by atoms with Gasteiger partial charge in [0.1, 0.15) is 17.6 Å². The molecule has 5 heteroatoms. The Kier molecular flexibility index (Phi) is 5.57. The van der Waals surface area contributed by atoms with Crippen LogP contribution in [0.4, 0.5) is 0 Å². The van der Waals surface area contributed by atoms with Crippen molar-refractivity contribution in [2.24, 2.45) is 0 Å². The van der Waals surface area contributed by atoms with Crippen molar-refractivity contribution < 1.29 is 23.8 Å². The molecule has 0 aliphatic carbocycles. The molecule has 1 aliphatic rings. The average molecular weight is 330 g/mol. The molecule has 2 rings (SSSR count). The first-order valence-electron chi connectivity index (χ1n) is 7.87. The Morgan fingerprint density at radius 1 is 1.04 bits per heavy atom. The molecule has 5 nitrogen and oxygen atoms in total. The van der Waals surface area contributed by atoms with Gasteiger partial charge in [-0.15, -0.1) is 0 Å². The minimum Gasteiger partial charge on any atom is -0.423 e. The zero-order valence-corrected chi connectivity index (χ0v) is 14.6. The van der Waals surface area contributed by atoms with Crippen LogP contribution >= 0.6 is 0 Å². The Labute approximate surface area is 141 Å². The lowest BCUT2D eigenvalue weighted by Gasteiger charge is -2.11. The fraction of sp³-hybridized carbons (Fsp3) is 0.368. The second kappa shape index (κ2) is 7.45. The molecule has 0 aromatic heterocycles. The number of esters is 2. The lowest BCUT2D eigenvalue weighted by atomic mass is 10.1. The van der Waals surface area contributed by atoms with Gasteiger partial charge in [0.2, 0.25) is 0 Å². The predicted molar refractivity (Wildman–Crippen MR) is 89.9 cm³/mol. The monoisotopic (exact) mass is 330 g/mol. The molecule has 0 N–H and O–H groups in total. The summed E-state index contributed by atoms with van der Waals surface area (Å²) in [6.45, 7) is 8.85. The van der Waals surface area contributed by atoms with Crippen LogP contribution in [0.5, 0.6) is 11.5 Å². The molecular formula is C19H22O5. The van der Waals surface area contributed by atoms with Gasteiger partial charge in [0.05, 0.1) is 6.10 Å². The van der Waals surface area contributed by atoms with E-state index in [1.807, 2.05) is 6.92 Å². The first-order valence-corrected chi connectivity index (χ1v) is 7.87. The number of hydrogen-bond donors (Lipinski definition) is 0. The van der Waals surface area contributed by atoms with Gasteiger partial charge in [-0.2, -0.15) is 0 Å². The van der Waals surface area contributed by atoms with Crippen molar-refractivity contribution >= 4 is 11.9 Å². The molecule has 0 saturated carbocycles. The summed E-state index contributed by atoms with van der Waals surface area (Å²) in [4.78, 5) is 23.9. The van der Waals surface area contributed by atoms with Gasteiger partial charge in [-0.05, 0) is 52.8 Å². The van der Waals surface area contributed by atoms with E-state index >= 15 is 0 Å². The van der Waals surface area contributed by atoms with Crippen LogP contribution in [-0.4, -0.2) is 18.0 Å². The van der Waals surface area contributed by atoms with Gasteiger partial charge in [-0.3, -0.25) is 0 Å². The summed E-state index contributed by atoms with van der Waals surface area (Å²) in [5, 5.41) is 0. The maximum absolute atomic E-state index is 12.0. The lowest BCUT2D eigenvalue weighted by molar-refractivity contribution is -0.131. The molecule has 0 amide bonds. The van der Waals surface area contributed by atoms with Crippen molar-refractivity contribution in [3.05, 3.63) is 47.1 Å². The van der Waals surface area contributed by atoms with Crippen molar-refractivity contribution in [1.82, 2.24) is 0 Å². The van der Waals surface area contributed by atoms with E-state index in [9.17, 15) is 9.59 Å². The first-order chi connectivity index (χ1) is 11.4. The molecular weight excluding hydrogens is 308 g/mol. The minimum absolute atomic E-state index is 0.0356. The van der Waals surface area contributed by atoms with Crippen molar-refractivity contribution in [1.29, 1.82) is 0 Å². The third kappa shape index (κ3) is 4.11. The molecule has 1 saturated heterocycles. The minimum atomic E-state index is -0.415. The summed E-state index contributed by atoms with van der Waals surface area (Å²) in [6.07, 6.45) is 3.24. The molecule has 0 bridgehead atoms. The first kappa shape index (κ1) is 17.9. The maximum Gasteiger partial charge on any atom is 0.338 e. The van der Waals surface area contributed by atoms with E-state index < -0.39 is 11.9 Å². The SMILES string of the molecule is C/C=C(/C)C(=O)Oc1ccc(OC(=O)/C(C)=C\C)c([C@H]2O[C@@H]2C)c1. The quantitative estimate of drug-likeness (QED) is 0.355. The lowest BCUT2D eigenvalue weighted by Crippen LogP contribution is -2.12. The van der Waals surface area contributed by atoms with Gasteiger partial charge < -0.3 is 14.2 Å². The number of allylic oxidation sites excluding steroid dienone is 2. The van der Waals surface area contributed by atoms with Crippen molar-refractivity contribution in [3.63, 3.8) is 0 Å². The van der Waals surface area contributed by atoms with Gasteiger partial charge >= 0.3 is 11.9 Å². The number of benzene rings is 1. The topological polar surface area (TPSA) is 65.1 Å². The Morgan fingerprint density at radius 3 is 2.08 bits per heavy atom. The van der Waals surface area contributed by atoms with Gasteiger partial charge in [0, 0.05) is 16.7 Å². The van der Waals surface area contributed by atoms with Gasteiger partial charge in [0.15, 0.2) is 0 Å². The number of rotatable bonds is 5. The van der Waals surface area contributed by atoms with E-state index in [2.05, 4.69) is 0 Å². The second-order valence-corrected chi connectivity index (χ2v) is 5.68. The highest BCUT2D eigenvalue weighted by Crippen LogP contribution is 2.44. The molecule has 1 heterocycles. The van der Waals surface area contributed by atoms with Gasteiger partial charge in [-0.25, -0.2) is 9.59 Å². The van der Waals surface area contributed by atoms with Crippen LogP contribution in [0.15, 0.2) is 41.5 Å². The number of carbonyl (C=O) groups is 2. The summed E-state index contributed by atoms with van der Waals surface area (Å²) in [5.41, 5.74) is 1.74. The van der Waals surface area contributed by atoms with E-state index in [1.165, 1.54) is 0 Å². The van der Waals surface area contributed by atoms with Crippen molar-refractivity contribution in [3.8, 4) is 11.5 Å². The summed E-state index contributed by atoms with van der Waals surface area (Å²) in [6, 6.07) is 4.91. The van der Waals surface area contributed by atoms with Gasteiger partial charge in [0.25, 0.3) is 0 Å². The number of ether oxygens (including phenoxy) is 3. The third-order valence-electron chi connectivity index (χ3n) is 3.92. The van der Waals surface area contributed by atoms with Crippen LogP contribution in [0.3, 0.4) is 0 Å². The zero-order valence-electron chi connectivity index (χ0n) is 14.6. The van der Waals surface area contributed by atoms with Crippen LogP contribution in [0.2, 0.25) is 0 Å². The molecule has 0 spiro atoms. The Hall–Kier alpha value is -2.40. The highest BCUT2D eigenvalue weighted by Gasteiger charge is 2.38. The number of hydrogen-bond acceptors (Lipinski definition) is 5. The molecule has 1 fully saturated rings. The molecule has 1 aliphatic heterocycles. The fourth-order valence-electron chi connectivity index (χ4n) is 2.02. The predicted octanol–water partition coefficient (Wildman–Crippen LogP) is 3.89. The molecule has 128 valence electrons. The molecule has 2 atom stereocenters. The second-order valence-electron chi connectivity index (χ2n) is 5.68. The van der Waals surface area contributed by atoms with Gasteiger partial charge in [-0.1, -0.05) is 12.2 Å². The normalized spacial score (nSPS) is 20.5. The van der Waals surface area contributed by atoms with E-state index in [-0.39, 0.29) is 12.2 Å². The van der Waals surface area contributed by atoms with E-state index in [0.717, 1.165) is 0 Å². The number of epoxide rings is 1.